The fraction of sp³-hybridized carbons (Fsp3) is 0.333. The van der Waals surface area contributed by atoms with Crippen LogP contribution in [0.1, 0.15) is 20.4 Å². The summed E-state index contributed by atoms with van der Waals surface area (Å²) in [5.41, 5.74) is 1.53. The fourth-order valence-electron chi connectivity index (χ4n) is 2.07. The molecule has 0 aliphatic carbocycles. The van der Waals surface area contributed by atoms with E-state index in [-0.39, 0.29) is 5.91 Å². The van der Waals surface area contributed by atoms with E-state index in [2.05, 4.69) is 25.4 Å². The number of nitrogens with zero attached hydrogens (tertiary/aromatic N) is 4. The molecule has 0 fully saturated rings. The van der Waals surface area contributed by atoms with Crippen molar-refractivity contribution in [1.29, 1.82) is 0 Å². The largest absolute Gasteiger partial charge is 0.309 e. The van der Waals surface area contributed by atoms with Gasteiger partial charge in [-0.3, -0.25) is 10.1 Å². The summed E-state index contributed by atoms with van der Waals surface area (Å²) in [4.78, 5) is 18.8. The summed E-state index contributed by atoms with van der Waals surface area (Å²) in [5.74, 6) is -0.173. The van der Waals surface area contributed by atoms with Gasteiger partial charge in [0.15, 0.2) is 0 Å². The summed E-state index contributed by atoms with van der Waals surface area (Å²) in [7, 11) is 4.03. The van der Waals surface area contributed by atoms with Crippen molar-refractivity contribution in [2.75, 3.05) is 26.0 Å². The molecule has 0 saturated heterocycles. The Morgan fingerprint density at radius 3 is 2.87 bits per heavy atom. The third-order valence-electron chi connectivity index (χ3n) is 3.22. The number of amides is 1. The lowest BCUT2D eigenvalue weighted by Gasteiger charge is -2.05. The summed E-state index contributed by atoms with van der Waals surface area (Å²) in [6, 6.07) is 5.52. The molecule has 23 heavy (non-hydrogen) atoms. The van der Waals surface area contributed by atoms with Gasteiger partial charge in [0.2, 0.25) is 5.13 Å². The van der Waals surface area contributed by atoms with Gasteiger partial charge < -0.3 is 4.90 Å². The molecule has 1 amide bonds. The summed E-state index contributed by atoms with van der Waals surface area (Å²) >= 11 is 3.00. The van der Waals surface area contributed by atoms with Gasteiger partial charge >= 0.3 is 0 Å². The summed E-state index contributed by atoms with van der Waals surface area (Å²) in [6.45, 7) is 2.87. The van der Waals surface area contributed by atoms with Crippen LogP contribution >= 0.6 is 22.7 Å². The number of benzene rings is 1. The van der Waals surface area contributed by atoms with E-state index in [0.717, 1.165) is 33.2 Å². The molecule has 1 N–H and O–H groups in total. The Morgan fingerprint density at radius 2 is 2.09 bits per heavy atom. The van der Waals surface area contributed by atoms with Crippen LogP contribution in [0.25, 0.3) is 10.2 Å². The molecule has 0 atom stereocenters. The van der Waals surface area contributed by atoms with E-state index >= 15 is 0 Å². The normalized spacial score (nSPS) is 11.3. The highest BCUT2D eigenvalue weighted by atomic mass is 32.1. The van der Waals surface area contributed by atoms with Crippen LogP contribution in [0.2, 0.25) is 0 Å². The lowest BCUT2D eigenvalue weighted by atomic mass is 10.2. The monoisotopic (exact) mass is 347 g/mol. The number of fused-ring (bicyclic) bond motifs is 1. The van der Waals surface area contributed by atoms with Crippen LogP contribution in [-0.4, -0.2) is 46.6 Å². The molecule has 2 aromatic heterocycles. The maximum atomic E-state index is 12.3. The summed E-state index contributed by atoms with van der Waals surface area (Å²) in [6.07, 6.45) is 0.826. The summed E-state index contributed by atoms with van der Waals surface area (Å²) < 4.78 is 1.01. The van der Waals surface area contributed by atoms with Crippen LogP contribution in [0.4, 0.5) is 5.13 Å². The third kappa shape index (κ3) is 3.90. The maximum absolute atomic E-state index is 12.3. The molecule has 0 aliphatic heterocycles. The first kappa shape index (κ1) is 16.0. The Bertz CT molecular complexity index is 839. The number of hydrogen-bond acceptors (Lipinski definition) is 7. The van der Waals surface area contributed by atoms with Gasteiger partial charge in [-0.2, -0.15) is 0 Å². The van der Waals surface area contributed by atoms with Crippen molar-refractivity contribution in [2.24, 2.45) is 0 Å². The fourth-order valence-corrected chi connectivity index (χ4v) is 3.66. The Labute approximate surface area is 142 Å². The van der Waals surface area contributed by atoms with Crippen LogP contribution in [-0.2, 0) is 6.42 Å². The number of anilines is 1. The Balaban J connectivity index is 1.70. The van der Waals surface area contributed by atoms with E-state index in [1.54, 1.807) is 17.4 Å². The van der Waals surface area contributed by atoms with Crippen molar-refractivity contribution in [3.8, 4) is 0 Å². The number of aromatic nitrogens is 3. The minimum atomic E-state index is -0.173. The lowest BCUT2D eigenvalue weighted by Crippen LogP contribution is -2.14. The second-order valence-corrected chi connectivity index (χ2v) is 7.72. The Hall–Kier alpha value is -1.90. The number of aryl methyl sites for hydroxylation is 1. The standard InChI is InChI=1S/C15H17N5OS2/c1-9-16-11-5-4-10(8-12(11)22-9)14(21)17-15-19-18-13(23-15)6-7-20(2)3/h4-5,8H,6-7H2,1-3H3,(H,17,19,21). The topological polar surface area (TPSA) is 71.0 Å². The van der Waals surface area contributed by atoms with Crippen LogP contribution in [0.5, 0.6) is 0 Å². The molecule has 1 aromatic carbocycles. The highest BCUT2D eigenvalue weighted by Gasteiger charge is 2.12. The van der Waals surface area contributed by atoms with Crippen LogP contribution in [0.15, 0.2) is 18.2 Å². The number of thiazole rings is 1. The first-order chi connectivity index (χ1) is 11.0. The Morgan fingerprint density at radius 1 is 1.26 bits per heavy atom. The van der Waals surface area contributed by atoms with Crippen molar-refractivity contribution < 1.29 is 4.79 Å². The molecule has 8 heteroatoms. The minimum Gasteiger partial charge on any atom is -0.309 e. The van der Waals surface area contributed by atoms with Crippen LogP contribution in [0.3, 0.4) is 0 Å². The zero-order chi connectivity index (χ0) is 16.4. The van der Waals surface area contributed by atoms with Gasteiger partial charge in [0.25, 0.3) is 5.91 Å². The van der Waals surface area contributed by atoms with E-state index in [0.29, 0.717) is 10.7 Å². The molecule has 0 radical (unpaired) electrons. The summed E-state index contributed by atoms with van der Waals surface area (Å²) in [5, 5.41) is 13.4. The van der Waals surface area contributed by atoms with Gasteiger partial charge in [-0.1, -0.05) is 11.3 Å². The first-order valence-corrected chi connectivity index (χ1v) is 8.80. The minimum absolute atomic E-state index is 0.173. The van der Waals surface area contributed by atoms with Crippen molar-refractivity contribution in [3.05, 3.63) is 33.8 Å². The van der Waals surface area contributed by atoms with Crippen molar-refractivity contribution in [3.63, 3.8) is 0 Å². The first-order valence-electron chi connectivity index (χ1n) is 7.17. The number of nitrogens with one attached hydrogen (secondary N) is 1. The molecule has 0 aliphatic rings. The highest BCUT2D eigenvalue weighted by Crippen LogP contribution is 2.23. The van der Waals surface area contributed by atoms with Crippen LogP contribution in [0, 0.1) is 6.92 Å². The SMILES string of the molecule is Cc1nc2ccc(C(=O)Nc3nnc(CCN(C)C)s3)cc2s1. The van der Waals surface area contributed by atoms with Crippen molar-refractivity contribution in [1.82, 2.24) is 20.1 Å². The number of likely N-dealkylation sites (N-methyl/N-ethyl adjacent to an activating group) is 1. The molecular weight excluding hydrogens is 330 g/mol. The zero-order valence-electron chi connectivity index (χ0n) is 13.2. The molecule has 0 spiro atoms. The van der Waals surface area contributed by atoms with Crippen molar-refractivity contribution >= 4 is 43.9 Å². The molecule has 3 rings (SSSR count). The average Bonchev–Trinajstić information content (AvgIpc) is 3.09. The van der Waals surface area contributed by atoms with E-state index in [1.165, 1.54) is 11.3 Å². The molecule has 0 bridgehead atoms. The number of hydrogen-bond donors (Lipinski definition) is 1. The lowest BCUT2D eigenvalue weighted by molar-refractivity contribution is 0.102. The van der Waals surface area contributed by atoms with Gasteiger partial charge in [0.05, 0.1) is 15.2 Å². The molecule has 3 aromatic rings. The number of carbonyl (C=O) groups excluding carboxylic acids is 1. The van der Waals surface area contributed by atoms with E-state index in [1.807, 2.05) is 33.2 Å². The third-order valence-corrected chi connectivity index (χ3v) is 5.05. The van der Waals surface area contributed by atoms with Gasteiger partial charge in [0, 0.05) is 18.5 Å². The number of carbonyl (C=O) groups is 1. The Kier molecular flexibility index (Phi) is 4.65. The quantitative estimate of drug-likeness (QED) is 0.768. The van der Waals surface area contributed by atoms with E-state index < -0.39 is 0 Å². The maximum Gasteiger partial charge on any atom is 0.257 e. The average molecular weight is 347 g/mol. The smallest absolute Gasteiger partial charge is 0.257 e. The molecule has 6 nitrogen and oxygen atoms in total. The second kappa shape index (κ2) is 6.69. The van der Waals surface area contributed by atoms with E-state index in [9.17, 15) is 4.79 Å². The zero-order valence-corrected chi connectivity index (χ0v) is 14.8. The molecule has 0 saturated carbocycles. The van der Waals surface area contributed by atoms with Gasteiger partial charge in [0.1, 0.15) is 5.01 Å². The molecule has 120 valence electrons. The van der Waals surface area contributed by atoms with E-state index in [4.69, 9.17) is 0 Å². The van der Waals surface area contributed by atoms with Gasteiger partial charge in [-0.25, -0.2) is 4.98 Å². The number of rotatable bonds is 5. The predicted octanol–water partition coefficient (Wildman–Crippen LogP) is 2.81. The van der Waals surface area contributed by atoms with Gasteiger partial charge in [-0.15, -0.1) is 21.5 Å². The van der Waals surface area contributed by atoms with Crippen LogP contribution < -0.4 is 5.32 Å². The highest BCUT2D eigenvalue weighted by molar-refractivity contribution is 7.18. The second-order valence-electron chi connectivity index (χ2n) is 5.42. The molecule has 2 heterocycles. The predicted molar refractivity (Wildman–Crippen MR) is 94.5 cm³/mol. The molecule has 0 unspecified atom stereocenters. The van der Waals surface area contributed by atoms with Crippen molar-refractivity contribution in [2.45, 2.75) is 13.3 Å². The molecular formula is C15H17N5OS2. The van der Waals surface area contributed by atoms with Gasteiger partial charge in [-0.05, 0) is 39.2 Å².